The largest absolute Gasteiger partial charge is 0.482 e. The van der Waals surface area contributed by atoms with Gasteiger partial charge in [0, 0.05) is 14.5 Å². The number of hydrogen-bond donors (Lipinski definition) is 1. The quantitative estimate of drug-likeness (QED) is 0.158. The van der Waals surface area contributed by atoms with Gasteiger partial charge in [-0.15, -0.1) is 0 Å². The zero-order chi connectivity index (χ0) is 23.8. The molecule has 33 heavy (non-hydrogen) atoms. The van der Waals surface area contributed by atoms with Crippen molar-refractivity contribution in [1.29, 1.82) is 5.26 Å². The number of para-hydroxylation sites is 1. The fraction of sp³-hybridized carbons (Fsp3) is 0.0435. The Morgan fingerprint density at radius 2 is 1.76 bits per heavy atom. The summed E-state index contributed by atoms with van der Waals surface area (Å²) in [5, 5.41) is 13.0. The second-order valence-electron chi connectivity index (χ2n) is 6.37. The maximum Gasteiger partial charge on any atom is 0.344 e. The minimum Gasteiger partial charge on any atom is -0.482 e. The first-order chi connectivity index (χ1) is 15.9. The van der Waals surface area contributed by atoms with Gasteiger partial charge < -0.3 is 9.47 Å². The molecular formula is C23H14Br3N3O4. The van der Waals surface area contributed by atoms with E-state index in [4.69, 9.17) is 14.7 Å². The second kappa shape index (κ2) is 11.7. The molecule has 0 atom stereocenters. The summed E-state index contributed by atoms with van der Waals surface area (Å²) in [7, 11) is 0. The van der Waals surface area contributed by atoms with Crippen LogP contribution in [0.5, 0.6) is 11.5 Å². The highest BCUT2D eigenvalue weighted by Crippen LogP contribution is 2.33. The molecule has 0 radical (unpaired) electrons. The Bertz CT molecular complexity index is 1270. The number of nitrogens with one attached hydrogen (secondary N) is 1. The Labute approximate surface area is 214 Å². The number of halogens is 3. The summed E-state index contributed by atoms with van der Waals surface area (Å²) >= 11 is 10.1. The van der Waals surface area contributed by atoms with Crippen molar-refractivity contribution in [3.05, 3.63) is 90.8 Å². The summed E-state index contributed by atoms with van der Waals surface area (Å²) in [6.45, 7) is -0.331. The summed E-state index contributed by atoms with van der Waals surface area (Å²) in [6, 6.07) is 18.9. The molecule has 0 bridgehead atoms. The lowest BCUT2D eigenvalue weighted by molar-refractivity contribution is -0.123. The first-order valence-corrected chi connectivity index (χ1v) is 11.7. The first-order valence-electron chi connectivity index (χ1n) is 9.28. The van der Waals surface area contributed by atoms with Crippen molar-refractivity contribution in [3.63, 3.8) is 0 Å². The van der Waals surface area contributed by atoms with E-state index in [0.29, 0.717) is 35.9 Å². The lowest BCUT2D eigenvalue weighted by Gasteiger charge is -2.11. The predicted octanol–water partition coefficient (Wildman–Crippen LogP) is 5.59. The van der Waals surface area contributed by atoms with Gasteiger partial charge in [0.1, 0.15) is 11.8 Å². The molecule has 0 unspecified atom stereocenters. The van der Waals surface area contributed by atoms with E-state index in [2.05, 4.69) is 58.3 Å². The number of hydrogen-bond acceptors (Lipinski definition) is 6. The highest BCUT2D eigenvalue weighted by Gasteiger charge is 2.17. The molecule has 0 aliphatic carbocycles. The van der Waals surface area contributed by atoms with E-state index in [1.165, 1.54) is 6.21 Å². The molecule has 1 N–H and O–H groups in total. The van der Waals surface area contributed by atoms with Gasteiger partial charge in [-0.1, -0.05) is 40.2 Å². The summed E-state index contributed by atoms with van der Waals surface area (Å²) in [5.41, 5.74) is 3.46. The number of nitrogens with zero attached hydrogens (tertiary/aromatic N) is 2. The van der Waals surface area contributed by atoms with E-state index in [1.807, 2.05) is 6.07 Å². The Hall–Kier alpha value is -3.00. The maximum absolute atomic E-state index is 12.6. The van der Waals surface area contributed by atoms with Crippen molar-refractivity contribution in [1.82, 2.24) is 5.43 Å². The summed E-state index contributed by atoms with van der Waals surface area (Å²) < 4.78 is 12.8. The monoisotopic (exact) mass is 633 g/mol. The third-order valence-electron chi connectivity index (χ3n) is 4.08. The van der Waals surface area contributed by atoms with Crippen LogP contribution < -0.4 is 14.9 Å². The normalized spacial score (nSPS) is 10.5. The van der Waals surface area contributed by atoms with Crippen molar-refractivity contribution in [3.8, 4) is 17.6 Å². The Balaban J connectivity index is 1.70. The van der Waals surface area contributed by atoms with Crippen LogP contribution >= 0.6 is 47.8 Å². The molecular weight excluding hydrogens is 622 g/mol. The van der Waals surface area contributed by atoms with Crippen LogP contribution in [0.25, 0.3) is 0 Å². The van der Waals surface area contributed by atoms with Crippen LogP contribution in [0.15, 0.2) is 79.2 Å². The maximum atomic E-state index is 12.6. The number of ether oxygens (including phenoxy) is 2. The number of hydrazone groups is 1. The predicted molar refractivity (Wildman–Crippen MR) is 133 cm³/mol. The van der Waals surface area contributed by atoms with Gasteiger partial charge in [-0.3, -0.25) is 4.79 Å². The number of benzene rings is 3. The van der Waals surface area contributed by atoms with E-state index in [9.17, 15) is 9.59 Å². The van der Waals surface area contributed by atoms with Crippen molar-refractivity contribution >= 4 is 65.9 Å². The molecule has 0 fully saturated rings. The molecule has 7 nitrogen and oxygen atoms in total. The average Bonchev–Trinajstić information content (AvgIpc) is 2.80. The van der Waals surface area contributed by atoms with Crippen molar-refractivity contribution in [2.24, 2.45) is 5.10 Å². The number of carbonyl (C=O) groups is 2. The molecule has 3 aromatic rings. The SMILES string of the molecule is N#Cc1ccccc1OCC(=O)N/N=C\c1cc(Br)cc(Br)c1OC(=O)c1ccccc1Br. The molecule has 0 heterocycles. The van der Waals surface area contributed by atoms with E-state index in [0.717, 1.165) is 0 Å². The Kier molecular flexibility index (Phi) is 8.77. The molecule has 0 saturated carbocycles. The lowest BCUT2D eigenvalue weighted by Crippen LogP contribution is -2.24. The van der Waals surface area contributed by atoms with Crippen LogP contribution in [0.3, 0.4) is 0 Å². The minimum atomic E-state index is -0.561. The topological polar surface area (TPSA) is 101 Å². The van der Waals surface area contributed by atoms with Gasteiger partial charge in [-0.2, -0.15) is 10.4 Å². The van der Waals surface area contributed by atoms with Crippen LogP contribution in [-0.4, -0.2) is 24.7 Å². The fourth-order valence-corrected chi connectivity index (χ4v) is 4.38. The van der Waals surface area contributed by atoms with E-state index < -0.39 is 11.9 Å². The number of amides is 1. The molecule has 0 aliphatic rings. The van der Waals surface area contributed by atoms with Crippen LogP contribution in [-0.2, 0) is 4.79 Å². The van der Waals surface area contributed by atoms with Crippen LogP contribution in [0.4, 0.5) is 0 Å². The van der Waals surface area contributed by atoms with Crippen LogP contribution in [0.2, 0.25) is 0 Å². The van der Waals surface area contributed by atoms with Gasteiger partial charge in [0.25, 0.3) is 5.91 Å². The molecule has 10 heteroatoms. The summed E-state index contributed by atoms with van der Waals surface area (Å²) in [4.78, 5) is 24.7. The van der Waals surface area contributed by atoms with E-state index >= 15 is 0 Å². The smallest absolute Gasteiger partial charge is 0.344 e. The Morgan fingerprint density at radius 1 is 1.03 bits per heavy atom. The highest BCUT2D eigenvalue weighted by atomic mass is 79.9. The lowest BCUT2D eigenvalue weighted by atomic mass is 10.2. The minimum absolute atomic E-state index is 0.233. The van der Waals surface area contributed by atoms with Gasteiger partial charge in [0.15, 0.2) is 12.4 Å². The number of nitriles is 1. The van der Waals surface area contributed by atoms with Gasteiger partial charge >= 0.3 is 5.97 Å². The third-order valence-corrected chi connectivity index (χ3v) is 5.82. The van der Waals surface area contributed by atoms with Crippen LogP contribution in [0.1, 0.15) is 21.5 Å². The number of rotatable bonds is 7. The third kappa shape index (κ3) is 6.74. The van der Waals surface area contributed by atoms with Gasteiger partial charge in [0.05, 0.1) is 21.8 Å². The van der Waals surface area contributed by atoms with E-state index in [-0.39, 0.29) is 12.4 Å². The number of esters is 1. The highest BCUT2D eigenvalue weighted by molar-refractivity contribution is 9.11. The van der Waals surface area contributed by atoms with Crippen molar-refractivity contribution < 1.29 is 19.1 Å². The molecule has 0 spiro atoms. The number of carbonyl (C=O) groups excluding carboxylic acids is 2. The van der Waals surface area contributed by atoms with Gasteiger partial charge in [-0.05, 0) is 68.3 Å². The molecule has 0 aliphatic heterocycles. The molecule has 0 aromatic heterocycles. The van der Waals surface area contributed by atoms with Gasteiger partial charge in [0.2, 0.25) is 0 Å². The molecule has 0 saturated heterocycles. The molecule has 3 aromatic carbocycles. The van der Waals surface area contributed by atoms with Crippen molar-refractivity contribution in [2.75, 3.05) is 6.61 Å². The summed E-state index contributed by atoms with van der Waals surface area (Å²) in [5.74, 6) is -0.555. The molecule has 3 rings (SSSR count). The zero-order valence-electron chi connectivity index (χ0n) is 16.7. The molecule has 166 valence electrons. The molecule has 1 amide bonds. The second-order valence-corrected chi connectivity index (χ2v) is 8.99. The van der Waals surface area contributed by atoms with E-state index in [1.54, 1.807) is 60.7 Å². The summed E-state index contributed by atoms with van der Waals surface area (Å²) in [6.07, 6.45) is 1.35. The fourth-order valence-electron chi connectivity index (χ4n) is 2.59. The standard InChI is InChI=1S/C23H14Br3N3O4/c24-16-9-15(12-28-29-21(30)13-32-20-8-4-1-5-14(20)11-27)22(19(26)10-16)33-23(31)17-6-2-3-7-18(17)25/h1-10,12H,13H2,(H,29,30)/b28-12-. The van der Waals surface area contributed by atoms with Gasteiger partial charge in [-0.25, -0.2) is 10.2 Å². The Morgan fingerprint density at radius 3 is 2.52 bits per heavy atom. The average molecular weight is 636 g/mol. The first kappa shape index (κ1) is 24.6. The zero-order valence-corrected chi connectivity index (χ0v) is 21.5. The van der Waals surface area contributed by atoms with Crippen molar-refractivity contribution in [2.45, 2.75) is 0 Å². The van der Waals surface area contributed by atoms with Crippen LogP contribution in [0, 0.1) is 11.3 Å².